The molecule has 0 bridgehead atoms. The summed E-state index contributed by atoms with van der Waals surface area (Å²) in [6, 6.07) is 2.88. The number of aliphatic hydroxyl groups is 1. The molecule has 102 valence electrons. The predicted molar refractivity (Wildman–Crippen MR) is 66.4 cm³/mol. The van der Waals surface area contributed by atoms with Crippen molar-refractivity contribution in [3.63, 3.8) is 0 Å². The van der Waals surface area contributed by atoms with Crippen molar-refractivity contribution in [1.29, 1.82) is 0 Å². The minimum atomic E-state index is -3.58. The summed E-state index contributed by atoms with van der Waals surface area (Å²) in [6.07, 6.45) is 1.92. The molecule has 1 N–H and O–H groups in total. The van der Waals surface area contributed by atoms with Crippen LogP contribution >= 0.6 is 0 Å². The van der Waals surface area contributed by atoms with Crippen LogP contribution in [0.2, 0.25) is 0 Å². The van der Waals surface area contributed by atoms with Gasteiger partial charge in [0.2, 0.25) is 5.09 Å². The number of hydrogen-bond acceptors (Lipinski definition) is 4. The lowest BCUT2D eigenvalue weighted by molar-refractivity contribution is 0.195. The van der Waals surface area contributed by atoms with Gasteiger partial charge in [0.15, 0.2) is 0 Å². The fourth-order valence-corrected chi connectivity index (χ4v) is 4.03. The van der Waals surface area contributed by atoms with Crippen LogP contribution in [0.25, 0.3) is 0 Å². The highest BCUT2D eigenvalue weighted by molar-refractivity contribution is 7.89. The van der Waals surface area contributed by atoms with Crippen molar-refractivity contribution in [3.8, 4) is 0 Å². The molecule has 1 aliphatic rings. The molecule has 6 heteroatoms. The van der Waals surface area contributed by atoms with Gasteiger partial charge in [-0.3, -0.25) is 0 Å². The quantitative estimate of drug-likeness (QED) is 0.907. The van der Waals surface area contributed by atoms with Crippen LogP contribution in [0.1, 0.15) is 32.4 Å². The molecule has 0 amide bonds. The van der Waals surface area contributed by atoms with Crippen LogP contribution in [-0.2, 0) is 16.6 Å². The molecule has 1 aromatic heterocycles. The van der Waals surface area contributed by atoms with Gasteiger partial charge in [0, 0.05) is 12.6 Å². The molecule has 0 spiro atoms. The highest BCUT2D eigenvalue weighted by Crippen LogP contribution is 2.29. The molecular weight excluding hydrogens is 254 g/mol. The zero-order valence-electron chi connectivity index (χ0n) is 10.7. The third-order valence-electron chi connectivity index (χ3n) is 3.67. The number of sulfonamides is 1. The fourth-order valence-electron chi connectivity index (χ4n) is 2.33. The van der Waals surface area contributed by atoms with Crippen LogP contribution in [-0.4, -0.2) is 30.4 Å². The van der Waals surface area contributed by atoms with Crippen LogP contribution in [0.4, 0.5) is 0 Å². The molecule has 0 saturated carbocycles. The van der Waals surface area contributed by atoms with Gasteiger partial charge in [-0.05, 0) is 37.8 Å². The molecule has 18 heavy (non-hydrogen) atoms. The van der Waals surface area contributed by atoms with Gasteiger partial charge in [-0.25, -0.2) is 8.42 Å². The molecule has 1 aliphatic heterocycles. The molecule has 2 atom stereocenters. The highest BCUT2D eigenvalue weighted by Gasteiger charge is 2.36. The summed E-state index contributed by atoms with van der Waals surface area (Å²) in [5, 5.41) is 8.84. The third-order valence-corrected chi connectivity index (χ3v) is 5.53. The number of furan rings is 1. The molecule has 1 aromatic rings. The lowest BCUT2D eigenvalue weighted by Crippen LogP contribution is -2.45. The Labute approximate surface area is 107 Å². The van der Waals surface area contributed by atoms with Crippen molar-refractivity contribution in [2.45, 2.75) is 44.4 Å². The number of nitrogens with zero attached hydrogens (tertiary/aromatic N) is 1. The van der Waals surface area contributed by atoms with E-state index in [1.165, 1.54) is 16.4 Å². The van der Waals surface area contributed by atoms with E-state index in [2.05, 4.69) is 6.92 Å². The van der Waals surface area contributed by atoms with E-state index in [4.69, 9.17) is 9.52 Å². The smallest absolute Gasteiger partial charge is 0.276 e. The molecule has 2 unspecified atom stereocenters. The van der Waals surface area contributed by atoms with Gasteiger partial charge in [0.1, 0.15) is 12.4 Å². The standard InChI is InChI=1S/C12H19NO4S/c1-9-4-3-7-13(10(9)2)18(15,16)12-6-5-11(8-14)17-12/h5-6,9-10,14H,3-4,7-8H2,1-2H3. The first kappa shape index (κ1) is 13.6. The van der Waals surface area contributed by atoms with Crippen molar-refractivity contribution in [1.82, 2.24) is 4.31 Å². The summed E-state index contributed by atoms with van der Waals surface area (Å²) in [5.41, 5.74) is 0. The Balaban J connectivity index is 2.30. The second-order valence-corrected chi connectivity index (χ2v) is 6.68. The predicted octanol–water partition coefficient (Wildman–Crippen LogP) is 1.58. The van der Waals surface area contributed by atoms with E-state index in [9.17, 15) is 8.42 Å². The maximum Gasteiger partial charge on any atom is 0.276 e. The first-order valence-electron chi connectivity index (χ1n) is 6.18. The van der Waals surface area contributed by atoms with E-state index in [0.29, 0.717) is 12.5 Å². The van der Waals surface area contributed by atoms with Crippen LogP contribution in [0.3, 0.4) is 0 Å². The highest BCUT2D eigenvalue weighted by atomic mass is 32.2. The van der Waals surface area contributed by atoms with Crippen LogP contribution in [0.15, 0.2) is 21.6 Å². The monoisotopic (exact) mass is 273 g/mol. The van der Waals surface area contributed by atoms with Crippen LogP contribution in [0, 0.1) is 5.92 Å². The minimum Gasteiger partial charge on any atom is -0.446 e. The maximum atomic E-state index is 12.4. The molecule has 1 saturated heterocycles. The molecule has 5 nitrogen and oxygen atoms in total. The van der Waals surface area contributed by atoms with Gasteiger partial charge in [0.25, 0.3) is 10.0 Å². The van der Waals surface area contributed by atoms with Gasteiger partial charge in [-0.15, -0.1) is 0 Å². The Kier molecular flexibility index (Phi) is 3.79. The number of rotatable bonds is 3. The summed E-state index contributed by atoms with van der Waals surface area (Å²) in [5.74, 6) is 0.618. The molecule has 0 aromatic carbocycles. The number of hydrogen-bond donors (Lipinski definition) is 1. The lowest BCUT2D eigenvalue weighted by Gasteiger charge is -2.36. The van der Waals surface area contributed by atoms with Gasteiger partial charge < -0.3 is 9.52 Å². The number of aliphatic hydroxyl groups excluding tert-OH is 1. The third kappa shape index (κ3) is 2.32. The van der Waals surface area contributed by atoms with Crippen molar-refractivity contribution in [3.05, 3.63) is 17.9 Å². The Bertz CT molecular complexity index is 508. The van der Waals surface area contributed by atoms with Crippen molar-refractivity contribution >= 4 is 10.0 Å². The summed E-state index contributed by atoms with van der Waals surface area (Å²) in [7, 11) is -3.58. The Morgan fingerprint density at radius 1 is 1.44 bits per heavy atom. The Morgan fingerprint density at radius 3 is 2.78 bits per heavy atom. The summed E-state index contributed by atoms with van der Waals surface area (Å²) >= 11 is 0. The zero-order chi connectivity index (χ0) is 13.3. The Hall–Kier alpha value is -0.850. The zero-order valence-corrected chi connectivity index (χ0v) is 11.5. The Morgan fingerprint density at radius 2 is 2.17 bits per heavy atom. The SMILES string of the molecule is CC1CCCN(S(=O)(=O)c2ccc(CO)o2)C1C. The average Bonchev–Trinajstić information content (AvgIpc) is 2.81. The van der Waals surface area contributed by atoms with E-state index < -0.39 is 10.0 Å². The van der Waals surface area contributed by atoms with Crippen molar-refractivity contribution < 1.29 is 17.9 Å². The van der Waals surface area contributed by atoms with Crippen LogP contribution < -0.4 is 0 Å². The largest absolute Gasteiger partial charge is 0.446 e. The molecule has 0 radical (unpaired) electrons. The van der Waals surface area contributed by atoms with Gasteiger partial charge >= 0.3 is 0 Å². The van der Waals surface area contributed by atoms with E-state index in [0.717, 1.165) is 12.8 Å². The summed E-state index contributed by atoms with van der Waals surface area (Å²) < 4.78 is 31.5. The van der Waals surface area contributed by atoms with Crippen molar-refractivity contribution in [2.24, 2.45) is 5.92 Å². The average molecular weight is 273 g/mol. The second kappa shape index (κ2) is 5.03. The summed E-state index contributed by atoms with van der Waals surface area (Å²) in [6.45, 7) is 4.23. The molecule has 2 rings (SSSR count). The first-order chi connectivity index (χ1) is 8.46. The first-order valence-corrected chi connectivity index (χ1v) is 7.62. The van der Waals surface area contributed by atoms with Gasteiger partial charge in [-0.2, -0.15) is 4.31 Å². The number of piperidine rings is 1. The topological polar surface area (TPSA) is 70.8 Å². The van der Waals surface area contributed by atoms with Gasteiger partial charge in [0.05, 0.1) is 0 Å². The second-order valence-electron chi connectivity index (χ2n) is 4.85. The van der Waals surface area contributed by atoms with Crippen molar-refractivity contribution in [2.75, 3.05) is 6.54 Å². The lowest BCUT2D eigenvalue weighted by atomic mass is 9.94. The molecule has 1 fully saturated rings. The molecule has 0 aliphatic carbocycles. The van der Waals surface area contributed by atoms with E-state index in [-0.39, 0.29) is 23.5 Å². The van der Waals surface area contributed by atoms with Gasteiger partial charge in [-0.1, -0.05) is 6.92 Å². The molecule has 2 heterocycles. The molecular formula is C12H19NO4S. The van der Waals surface area contributed by atoms with E-state index in [1.54, 1.807) is 0 Å². The van der Waals surface area contributed by atoms with Crippen LogP contribution in [0.5, 0.6) is 0 Å². The van der Waals surface area contributed by atoms with E-state index in [1.807, 2.05) is 6.92 Å². The minimum absolute atomic E-state index is 0.0218. The maximum absolute atomic E-state index is 12.4. The normalized spacial score (nSPS) is 26.4. The fraction of sp³-hybridized carbons (Fsp3) is 0.667. The summed E-state index contributed by atoms with van der Waals surface area (Å²) in [4.78, 5) is 0. The van der Waals surface area contributed by atoms with E-state index >= 15 is 0 Å².